The smallest absolute Gasteiger partial charge is 0.295 e. The zero-order chi connectivity index (χ0) is 20.4. The Morgan fingerprint density at radius 3 is 2.41 bits per heavy atom. The highest BCUT2D eigenvalue weighted by Crippen LogP contribution is 2.35. The molecule has 3 N–H and O–H groups in total. The first-order valence-electron chi connectivity index (χ1n) is 8.51. The lowest BCUT2D eigenvalue weighted by molar-refractivity contribution is 0.484. The molecule has 0 spiro atoms. The summed E-state index contributed by atoms with van der Waals surface area (Å²) in [6.07, 6.45) is 3.02. The van der Waals surface area contributed by atoms with Gasteiger partial charge in [-0.15, -0.1) is 10.2 Å². The lowest BCUT2D eigenvalue weighted by Gasteiger charge is -2.08. The molecule has 0 radical (unpaired) electrons. The molecule has 2 aromatic carbocycles. The second kappa shape index (κ2) is 7.38. The summed E-state index contributed by atoms with van der Waals surface area (Å²) in [6, 6.07) is 17.4. The van der Waals surface area contributed by atoms with Gasteiger partial charge in [-0.05, 0) is 30.3 Å². The van der Waals surface area contributed by atoms with Crippen LogP contribution in [0.4, 0.5) is 17.1 Å². The van der Waals surface area contributed by atoms with Gasteiger partial charge in [0.2, 0.25) is 0 Å². The fourth-order valence-electron chi connectivity index (χ4n) is 2.85. The molecule has 4 aromatic rings. The van der Waals surface area contributed by atoms with Crippen LogP contribution in [0.2, 0.25) is 0 Å². The number of nitrogen functional groups attached to an aromatic ring is 1. The van der Waals surface area contributed by atoms with Crippen LogP contribution in [-0.4, -0.2) is 22.9 Å². The zero-order valence-electron chi connectivity index (χ0n) is 15.0. The van der Waals surface area contributed by atoms with E-state index in [0.29, 0.717) is 5.69 Å². The Morgan fingerprint density at radius 1 is 0.931 bits per heavy atom. The molecule has 0 aliphatic rings. The van der Waals surface area contributed by atoms with Crippen molar-refractivity contribution in [3.05, 3.63) is 73.1 Å². The average Bonchev–Trinajstić information content (AvgIpc) is 2.73. The van der Waals surface area contributed by atoms with E-state index in [1.54, 1.807) is 24.4 Å². The third kappa shape index (κ3) is 3.82. The SMILES string of the molecule is Nc1c(/N=N/c2ccc(-c3ccccc3)nc2)cc(S(=O)(=O)O)c2cccnc12. The number of nitrogens with two attached hydrogens (primary N) is 1. The quantitative estimate of drug-likeness (QED) is 0.291. The molecule has 144 valence electrons. The molecular weight excluding hydrogens is 390 g/mol. The Bertz CT molecular complexity index is 1320. The van der Waals surface area contributed by atoms with Crippen LogP contribution in [0.3, 0.4) is 0 Å². The number of benzene rings is 2. The van der Waals surface area contributed by atoms with Gasteiger partial charge in [-0.2, -0.15) is 8.42 Å². The van der Waals surface area contributed by atoms with E-state index in [2.05, 4.69) is 20.2 Å². The molecule has 29 heavy (non-hydrogen) atoms. The average molecular weight is 405 g/mol. The van der Waals surface area contributed by atoms with Crippen molar-refractivity contribution in [2.75, 3.05) is 5.73 Å². The Balaban J connectivity index is 1.72. The summed E-state index contributed by atoms with van der Waals surface area (Å²) < 4.78 is 33.1. The van der Waals surface area contributed by atoms with Gasteiger partial charge in [-0.25, -0.2) is 0 Å². The van der Waals surface area contributed by atoms with Gasteiger partial charge in [0.25, 0.3) is 10.1 Å². The third-order valence-electron chi connectivity index (χ3n) is 4.24. The van der Waals surface area contributed by atoms with E-state index in [1.807, 2.05) is 30.3 Å². The minimum Gasteiger partial charge on any atom is -0.395 e. The highest BCUT2D eigenvalue weighted by molar-refractivity contribution is 7.86. The summed E-state index contributed by atoms with van der Waals surface area (Å²) in [6.45, 7) is 0. The van der Waals surface area contributed by atoms with Crippen molar-refractivity contribution in [2.45, 2.75) is 4.90 Å². The Labute approximate surface area is 166 Å². The molecule has 0 aliphatic heterocycles. The van der Waals surface area contributed by atoms with E-state index in [1.165, 1.54) is 18.3 Å². The van der Waals surface area contributed by atoms with Gasteiger partial charge in [-0.1, -0.05) is 30.3 Å². The molecule has 0 amide bonds. The second-order valence-electron chi connectivity index (χ2n) is 6.15. The number of azo groups is 1. The van der Waals surface area contributed by atoms with Gasteiger partial charge >= 0.3 is 0 Å². The Kier molecular flexibility index (Phi) is 4.75. The van der Waals surface area contributed by atoms with E-state index in [9.17, 15) is 13.0 Å². The number of hydrogen-bond donors (Lipinski definition) is 2. The van der Waals surface area contributed by atoms with Crippen LogP contribution in [-0.2, 0) is 10.1 Å². The maximum absolute atomic E-state index is 11.8. The van der Waals surface area contributed by atoms with Crippen molar-refractivity contribution in [3.63, 3.8) is 0 Å². The molecule has 2 aromatic heterocycles. The summed E-state index contributed by atoms with van der Waals surface area (Å²) in [5.41, 5.74) is 8.75. The molecule has 0 saturated heterocycles. The fraction of sp³-hybridized carbons (Fsp3) is 0. The van der Waals surface area contributed by atoms with Gasteiger partial charge < -0.3 is 5.73 Å². The first-order chi connectivity index (χ1) is 13.9. The van der Waals surface area contributed by atoms with E-state index in [-0.39, 0.29) is 27.2 Å². The van der Waals surface area contributed by atoms with Crippen molar-refractivity contribution in [3.8, 4) is 11.3 Å². The van der Waals surface area contributed by atoms with E-state index in [0.717, 1.165) is 11.3 Å². The van der Waals surface area contributed by atoms with Gasteiger partial charge in [-0.3, -0.25) is 14.5 Å². The maximum atomic E-state index is 11.8. The summed E-state index contributed by atoms with van der Waals surface area (Å²) in [5, 5.41) is 8.34. The predicted molar refractivity (Wildman–Crippen MR) is 110 cm³/mol. The topological polar surface area (TPSA) is 131 Å². The first kappa shape index (κ1) is 18.7. The predicted octanol–water partition coefficient (Wildman–Crippen LogP) is 4.54. The minimum atomic E-state index is -4.50. The lowest BCUT2D eigenvalue weighted by Crippen LogP contribution is -2.01. The molecule has 9 heteroatoms. The van der Waals surface area contributed by atoms with Crippen LogP contribution >= 0.6 is 0 Å². The third-order valence-corrected chi connectivity index (χ3v) is 5.13. The molecule has 0 fully saturated rings. The standard InChI is InChI=1S/C20H15N5O3S/c21-19-17(11-18(29(26,27)28)15-7-4-10-22-20(15)19)25-24-14-8-9-16(23-12-14)13-5-2-1-3-6-13/h1-12H,21H2,(H,26,27,28)/b25-24+. The van der Waals surface area contributed by atoms with Gasteiger partial charge in [0.1, 0.15) is 16.3 Å². The zero-order valence-corrected chi connectivity index (χ0v) is 15.8. The van der Waals surface area contributed by atoms with Crippen LogP contribution in [0.15, 0.2) is 88.2 Å². The van der Waals surface area contributed by atoms with Crippen LogP contribution < -0.4 is 5.73 Å². The fourth-order valence-corrected chi connectivity index (χ4v) is 3.56. The van der Waals surface area contributed by atoms with Gasteiger partial charge in [0, 0.05) is 17.1 Å². The van der Waals surface area contributed by atoms with Crippen molar-refractivity contribution in [2.24, 2.45) is 10.2 Å². The Hall–Kier alpha value is -3.69. The number of nitrogens with zero attached hydrogens (tertiary/aromatic N) is 4. The van der Waals surface area contributed by atoms with Gasteiger partial charge in [0.15, 0.2) is 0 Å². The molecule has 8 nitrogen and oxygen atoms in total. The maximum Gasteiger partial charge on any atom is 0.295 e. The molecule has 0 bridgehead atoms. The highest BCUT2D eigenvalue weighted by atomic mass is 32.2. The molecule has 0 saturated carbocycles. The number of hydrogen-bond acceptors (Lipinski definition) is 7. The minimum absolute atomic E-state index is 0.0796. The lowest BCUT2D eigenvalue weighted by atomic mass is 10.1. The summed E-state index contributed by atoms with van der Waals surface area (Å²) in [7, 11) is -4.50. The van der Waals surface area contributed by atoms with Crippen LogP contribution in [0.5, 0.6) is 0 Å². The van der Waals surface area contributed by atoms with E-state index < -0.39 is 10.1 Å². The Morgan fingerprint density at radius 2 is 1.72 bits per heavy atom. The van der Waals surface area contributed by atoms with Crippen molar-refractivity contribution in [1.82, 2.24) is 9.97 Å². The number of anilines is 1. The van der Waals surface area contributed by atoms with E-state index >= 15 is 0 Å². The van der Waals surface area contributed by atoms with Crippen molar-refractivity contribution >= 4 is 38.1 Å². The first-order valence-corrected chi connectivity index (χ1v) is 9.95. The normalized spacial score (nSPS) is 11.9. The summed E-state index contributed by atoms with van der Waals surface area (Å²) >= 11 is 0. The monoisotopic (exact) mass is 405 g/mol. The number of aromatic nitrogens is 2. The highest BCUT2D eigenvalue weighted by Gasteiger charge is 2.19. The molecule has 2 heterocycles. The molecule has 4 rings (SSSR count). The number of pyridine rings is 2. The summed E-state index contributed by atoms with van der Waals surface area (Å²) in [4.78, 5) is 8.13. The van der Waals surface area contributed by atoms with Crippen LogP contribution in [0.1, 0.15) is 0 Å². The number of rotatable bonds is 4. The molecule has 0 aliphatic carbocycles. The molecule has 0 atom stereocenters. The molecule has 0 unspecified atom stereocenters. The van der Waals surface area contributed by atoms with Gasteiger partial charge in [0.05, 0.1) is 23.1 Å². The largest absolute Gasteiger partial charge is 0.395 e. The second-order valence-corrected chi connectivity index (χ2v) is 7.54. The molecular formula is C20H15N5O3S. The number of fused-ring (bicyclic) bond motifs is 1. The van der Waals surface area contributed by atoms with E-state index in [4.69, 9.17) is 5.73 Å². The van der Waals surface area contributed by atoms with Crippen molar-refractivity contribution < 1.29 is 13.0 Å². The van der Waals surface area contributed by atoms with Crippen molar-refractivity contribution in [1.29, 1.82) is 0 Å². The van der Waals surface area contributed by atoms with Crippen LogP contribution in [0.25, 0.3) is 22.2 Å². The van der Waals surface area contributed by atoms with Crippen LogP contribution in [0, 0.1) is 0 Å². The summed E-state index contributed by atoms with van der Waals surface area (Å²) in [5.74, 6) is 0.